The molecule has 0 radical (unpaired) electrons. The first-order valence-corrected chi connectivity index (χ1v) is 9.46. The predicted molar refractivity (Wildman–Crippen MR) is 110 cm³/mol. The maximum absolute atomic E-state index is 13.2. The molecule has 0 amide bonds. The van der Waals surface area contributed by atoms with Gasteiger partial charge in [-0.1, -0.05) is 44.2 Å². The molecule has 4 rings (SSSR count). The number of ketones is 1. The second-order valence-corrected chi connectivity index (χ2v) is 7.69. The molecule has 2 aromatic carbocycles. The van der Waals surface area contributed by atoms with Gasteiger partial charge in [-0.2, -0.15) is 5.10 Å². The molecule has 0 saturated heterocycles. The zero-order valence-corrected chi connectivity index (χ0v) is 16.3. The van der Waals surface area contributed by atoms with Gasteiger partial charge in [-0.25, -0.2) is 4.68 Å². The molecule has 0 saturated carbocycles. The number of rotatable bonds is 3. The van der Waals surface area contributed by atoms with Gasteiger partial charge in [0.1, 0.15) is 0 Å². The van der Waals surface area contributed by atoms with Crippen LogP contribution in [0.15, 0.2) is 54.6 Å². The summed E-state index contributed by atoms with van der Waals surface area (Å²) in [6.45, 7) is 4.17. The summed E-state index contributed by atoms with van der Waals surface area (Å²) < 4.78 is 1.94. The summed E-state index contributed by atoms with van der Waals surface area (Å²) in [5, 5.41) is 4.88. The Hall–Kier alpha value is -2.88. The minimum atomic E-state index is 0.0192. The standard InChI is InChI=1S/C23H25N3O/c1-15-14-20-21(23(27)16(15)2)22(17-10-12-18(13-11-17)25(3)4)26(24-20)19-8-6-5-7-9-19/h5-13,15-16H,14H2,1-4H3/t15-,16-/m0/s1. The first-order chi connectivity index (χ1) is 13.0. The van der Waals surface area contributed by atoms with E-state index in [1.807, 2.05) is 56.0 Å². The Morgan fingerprint density at radius 3 is 2.30 bits per heavy atom. The fourth-order valence-electron chi connectivity index (χ4n) is 3.77. The molecule has 4 heteroatoms. The van der Waals surface area contributed by atoms with Gasteiger partial charge < -0.3 is 4.90 Å². The van der Waals surface area contributed by atoms with Crippen molar-refractivity contribution in [3.8, 4) is 16.9 Å². The van der Waals surface area contributed by atoms with Crippen LogP contribution in [0.2, 0.25) is 0 Å². The Morgan fingerprint density at radius 2 is 1.67 bits per heavy atom. The number of carbonyl (C=O) groups excluding carboxylic acids is 1. The molecule has 3 aromatic rings. The largest absolute Gasteiger partial charge is 0.378 e. The van der Waals surface area contributed by atoms with Crippen LogP contribution < -0.4 is 4.90 Å². The Bertz CT molecular complexity index is 971. The van der Waals surface area contributed by atoms with E-state index in [0.717, 1.165) is 40.3 Å². The van der Waals surface area contributed by atoms with Gasteiger partial charge in [0.15, 0.2) is 5.78 Å². The normalized spacial score (nSPS) is 19.0. The summed E-state index contributed by atoms with van der Waals surface area (Å²) in [5.74, 6) is 0.538. The van der Waals surface area contributed by atoms with E-state index in [0.29, 0.717) is 5.92 Å². The van der Waals surface area contributed by atoms with Crippen LogP contribution in [0.1, 0.15) is 29.9 Å². The van der Waals surface area contributed by atoms with Crippen LogP contribution in [-0.4, -0.2) is 29.7 Å². The molecule has 138 valence electrons. The van der Waals surface area contributed by atoms with Crippen LogP contribution >= 0.6 is 0 Å². The van der Waals surface area contributed by atoms with Crippen LogP contribution in [0.25, 0.3) is 16.9 Å². The second-order valence-electron chi connectivity index (χ2n) is 7.69. The molecular weight excluding hydrogens is 334 g/mol. The van der Waals surface area contributed by atoms with Crippen molar-refractivity contribution in [3.05, 3.63) is 65.9 Å². The number of para-hydroxylation sites is 1. The SMILES string of the molecule is C[C@@H]1C(=O)c2c(nn(-c3ccccc3)c2-c2ccc(N(C)C)cc2)C[C@@H]1C. The fraction of sp³-hybridized carbons (Fsp3) is 0.304. The van der Waals surface area contributed by atoms with E-state index < -0.39 is 0 Å². The van der Waals surface area contributed by atoms with Crippen LogP contribution in [0.3, 0.4) is 0 Å². The number of anilines is 1. The Kier molecular flexibility index (Phi) is 4.34. The van der Waals surface area contributed by atoms with Gasteiger partial charge in [0.25, 0.3) is 0 Å². The van der Waals surface area contributed by atoms with Gasteiger partial charge in [0.05, 0.1) is 22.6 Å². The number of hydrogen-bond donors (Lipinski definition) is 0. The van der Waals surface area contributed by atoms with Gasteiger partial charge >= 0.3 is 0 Å². The lowest BCUT2D eigenvalue weighted by molar-refractivity contribution is 0.0877. The first-order valence-electron chi connectivity index (χ1n) is 9.46. The number of hydrogen-bond acceptors (Lipinski definition) is 3. The third-order valence-corrected chi connectivity index (χ3v) is 5.64. The summed E-state index contributed by atoms with van der Waals surface area (Å²) in [6, 6.07) is 18.4. The number of benzene rings is 2. The molecule has 1 heterocycles. The average molecular weight is 359 g/mol. The Balaban J connectivity index is 1.94. The number of Topliss-reactive ketones (excluding diaryl/α,β-unsaturated/α-hetero) is 1. The summed E-state index contributed by atoms with van der Waals surface area (Å²) in [7, 11) is 4.05. The third-order valence-electron chi connectivity index (χ3n) is 5.64. The zero-order valence-electron chi connectivity index (χ0n) is 16.3. The molecule has 0 bridgehead atoms. The molecule has 0 N–H and O–H groups in total. The minimum Gasteiger partial charge on any atom is -0.378 e. The Morgan fingerprint density at radius 1 is 1.00 bits per heavy atom. The number of fused-ring (bicyclic) bond motifs is 1. The molecule has 27 heavy (non-hydrogen) atoms. The zero-order chi connectivity index (χ0) is 19.1. The maximum Gasteiger partial charge on any atom is 0.170 e. The van der Waals surface area contributed by atoms with Crippen LogP contribution in [-0.2, 0) is 6.42 Å². The number of nitrogens with zero attached hydrogens (tertiary/aromatic N) is 3. The summed E-state index contributed by atoms with van der Waals surface area (Å²) in [6.07, 6.45) is 0.838. The summed E-state index contributed by atoms with van der Waals surface area (Å²) in [5.41, 5.74) is 5.75. The van der Waals surface area contributed by atoms with Crippen molar-refractivity contribution >= 4 is 11.5 Å². The Labute approximate surface area is 160 Å². The average Bonchev–Trinajstić information content (AvgIpc) is 3.06. The molecule has 1 aliphatic carbocycles. The lowest BCUT2D eigenvalue weighted by atomic mass is 9.78. The molecule has 4 nitrogen and oxygen atoms in total. The van der Waals surface area contributed by atoms with Crippen LogP contribution in [0.4, 0.5) is 5.69 Å². The smallest absolute Gasteiger partial charge is 0.170 e. The van der Waals surface area contributed by atoms with E-state index in [1.165, 1.54) is 0 Å². The predicted octanol–water partition coefficient (Wildman–Crippen LogP) is 4.62. The fourth-order valence-corrected chi connectivity index (χ4v) is 3.77. The quantitative estimate of drug-likeness (QED) is 0.685. The molecule has 1 aliphatic rings. The highest BCUT2D eigenvalue weighted by Crippen LogP contribution is 2.37. The second kappa shape index (κ2) is 6.69. The highest BCUT2D eigenvalue weighted by Gasteiger charge is 2.36. The molecule has 0 unspecified atom stereocenters. The van der Waals surface area contributed by atoms with E-state index >= 15 is 0 Å². The van der Waals surface area contributed by atoms with E-state index in [-0.39, 0.29) is 11.7 Å². The molecule has 0 spiro atoms. The molecular formula is C23H25N3O. The van der Waals surface area contributed by atoms with Gasteiger partial charge in [0, 0.05) is 31.3 Å². The first kappa shape index (κ1) is 17.5. The summed E-state index contributed by atoms with van der Waals surface area (Å²) >= 11 is 0. The van der Waals surface area contributed by atoms with Gasteiger partial charge in [-0.05, 0) is 36.6 Å². The van der Waals surface area contributed by atoms with Crippen LogP contribution in [0.5, 0.6) is 0 Å². The van der Waals surface area contributed by atoms with Crippen molar-refractivity contribution in [2.75, 3.05) is 19.0 Å². The highest BCUT2D eigenvalue weighted by molar-refractivity contribution is 6.05. The topological polar surface area (TPSA) is 38.1 Å². The van der Waals surface area contributed by atoms with Crippen molar-refractivity contribution in [2.45, 2.75) is 20.3 Å². The molecule has 0 aliphatic heterocycles. The van der Waals surface area contributed by atoms with Crippen LogP contribution in [0, 0.1) is 11.8 Å². The third kappa shape index (κ3) is 2.95. The number of carbonyl (C=O) groups is 1. The minimum absolute atomic E-state index is 0.0192. The summed E-state index contributed by atoms with van der Waals surface area (Å²) in [4.78, 5) is 15.3. The highest BCUT2D eigenvalue weighted by atomic mass is 16.1. The molecule has 1 aromatic heterocycles. The van der Waals surface area contributed by atoms with E-state index in [9.17, 15) is 4.79 Å². The molecule has 2 atom stereocenters. The van der Waals surface area contributed by atoms with Gasteiger partial charge in [-0.15, -0.1) is 0 Å². The van der Waals surface area contributed by atoms with Crippen molar-refractivity contribution in [1.82, 2.24) is 9.78 Å². The maximum atomic E-state index is 13.2. The monoisotopic (exact) mass is 359 g/mol. The lowest BCUT2D eigenvalue weighted by Crippen LogP contribution is -2.27. The van der Waals surface area contributed by atoms with E-state index in [2.05, 4.69) is 36.1 Å². The van der Waals surface area contributed by atoms with E-state index in [1.54, 1.807) is 0 Å². The van der Waals surface area contributed by atoms with E-state index in [4.69, 9.17) is 5.10 Å². The van der Waals surface area contributed by atoms with Crippen molar-refractivity contribution in [2.24, 2.45) is 11.8 Å². The van der Waals surface area contributed by atoms with Gasteiger partial charge in [-0.3, -0.25) is 4.79 Å². The van der Waals surface area contributed by atoms with Crippen molar-refractivity contribution in [1.29, 1.82) is 0 Å². The van der Waals surface area contributed by atoms with Crippen molar-refractivity contribution in [3.63, 3.8) is 0 Å². The number of aromatic nitrogens is 2. The lowest BCUT2D eigenvalue weighted by Gasteiger charge is -2.24. The van der Waals surface area contributed by atoms with Crippen molar-refractivity contribution < 1.29 is 4.79 Å². The molecule has 0 fully saturated rings. The van der Waals surface area contributed by atoms with Gasteiger partial charge in [0.2, 0.25) is 0 Å².